The molecule has 0 aromatic heterocycles. The molecule has 15 heavy (non-hydrogen) atoms. The third-order valence-corrected chi connectivity index (χ3v) is 2.26. The fraction of sp³-hybridized carbons (Fsp3) is 0.833. The second kappa shape index (κ2) is 9.69. The largest absolute Gasteiger partial charge is 0.356 e. The molecule has 0 aliphatic rings. The predicted octanol–water partition coefficient (Wildman–Crippen LogP) is 2.44. The standard InChI is InChI=1S/C12H23NO2/c1-3-4-5-6-7-8-9-13-12(15)10-11(2)14/h3-10H2,1-2H3,(H,13,15). The van der Waals surface area contributed by atoms with Crippen molar-refractivity contribution in [3.8, 4) is 0 Å². The Bertz CT molecular complexity index is 190. The Hall–Kier alpha value is -0.860. The zero-order chi connectivity index (χ0) is 11.5. The van der Waals surface area contributed by atoms with E-state index in [2.05, 4.69) is 12.2 Å². The van der Waals surface area contributed by atoms with Crippen LogP contribution in [0.25, 0.3) is 0 Å². The Kier molecular flexibility index (Phi) is 9.13. The van der Waals surface area contributed by atoms with E-state index >= 15 is 0 Å². The van der Waals surface area contributed by atoms with Gasteiger partial charge in [-0.1, -0.05) is 39.0 Å². The van der Waals surface area contributed by atoms with Crippen LogP contribution in [-0.2, 0) is 9.59 Å². The number of hydrogen-bond acceptors (Lipinski definition) is 2. The van der Waals surface area contributed by atoms with Crippen LogP contribution in [0.1, 0.15) is 58.8 Å². The molecule has 88 valence electrons. The lowest BCUT2D eigenvalue weighted by molar-refractivity contribution is -0.127. The number of ketones is 1. The van der Waals surface area contributed by atoms with E-state index < -0.39 is 0 Å². The molecule has 0 aliphatic heterocycles. The molecular formula is C12H23NO2. The van der Waals surface area contributed by atoms with Crippen LogP contribution in [0, 0.1) is 0 Å². The fourth-order valence-electron chi connectivity index (χ4n) is 1.42. The van der Waals surface area contributed by atoms with Crippen molar-refractivity contribution in [3.63, 3.8) is 0 Å². The third kappa shape index (κ3) is 11.1. The normalized spacial score (nSPS) is 10.0. The molecule has 0 saturated heterocycles. The quantitative estimate of drug-likeness (QED) is 0.472. The number of unbranched alkanes of at least 4 members (excludes halogenated alkanes) is 5. The first-order chi connectivity index (χ1) is 7.16. The molecule has 0 spiro atoms. The van der Waals surface area contributed by atoms with Crippen molar-refractivity contribution in [1.29, 1.82) is 0 Å². The Morgan fingerprint density at radius 3 is 2.20 bits per heavy atom. The lowest BCUT2D eigenvalue weighted by atomic mass is 10.1. The lowest BCUT2D eigenvalue weighted by Gasteiger charge is -2.03. The minimum Gasteiger partial charge on any atom is -0.356 e. The molecule has 0 heterocycles. The molecule has 3 heteroatoms. The van der Waals surface area contributed by atoms with E-state index in [-0.39, 0.29) is 18.1 Å². The molecule has 1 amide bonds. The SMILES string of the molecule is CCCCCCCCNC(=O)CC(C)=O. The molecule has 0 saturated carbocycles. The zero-order valence-electron chi connectivity index (χ0n) is 9.97. The van der Waals surface area contributed by atoms with Gasteiger partial charge in [0.2, 0.25) is 5.91 Å². The molecule has 0 bridgehead atoms. The van der Waals surface area contributed by atoms with Gasteiger partial charge in [-0.2, -0.15) is 0 Å². The summed E-state index contributed by atoms with van der Waals surface area (Å²) in [6.07, 6.45) is 7.31. The van der Waals surface area contributed by atoms with E-state index in [9.17, 15) is 9.59 Å². The second-order valence-electron chi connectivity index (χ2n) is 4.00. The molecule has 0 unspecified atom stereocenters. The van der Waals surface area contributed by atoms with Crippen LogP contribution < -0.4 is 5.32 Å². The summed E-state index contributed by atoms with van der Waals surface area (Å²) < 4.78 is 0. The topological polar surface area (TPSA) is 46.2 Å². The van der Waals surface area contributed by atoms with Crippen molar-refractivity contribution >= 4 is 11.7 Å². The first-order valence-electron chi connectivity index (χ1n) is 5.93. The van der Waals surface area contributed by atoms with Crippen molar-refractivity contribution in [1.82, 2.24) is 5.32 Å². The maximum Gasteiger partial charge on any atom is 0.227 e. The van der Waals surface area contributed by atoms with Crippen molar-refractivity contribution in [2.75, 3.05) is 6.54 Å². The first-order valence-corrected chi connectivity index (χ1v) is 5.93. The minimum atomic E-state index is -0.143. The van der Waals surface area contributed by atoms with Gasteiger partial charge >= 0.3 is 0 Å². The smallest absolute Gasteiger partial charge is 0.227 e. The minimum absolute atomic E-state index is 0.0236. The van der Waals surface area contributed by atoms with Crippen LogP contribution in [0.3, 0.4) is 0 Å². The van der Waals surface area contributed by atoms with Crippen LogP contribution in [0.4, 0.5) is 0 Å². The third-order valence-electron chi connectivity index (χ3n) is 2.26. The maximum atomic E-state index is 11.1. The van der Waals surface area contributed by atoms with Crippen molar-refractivity contribution in [3.05, 3.63) is 0 Å². The summed E-state index contributed by atoms with van der Waals surface area (Å²) in [5.41, 5.74) is 0. The molecule has 3 nitrogen and oxygen atoms in total. The summed E-state index contributed by atoms with van der Waals surface area (Å²) in [4.78, 5) is 21.7. The predicted molar refractivity (Wildman–Crippen MR) is 61.7 cm³/mol. The molecule has 0 aliphatic carbocycles. The van der Waals surface area contributed by atoms with E-state index in [1.54, 1.807) is 0 Å². The number of carbonyl (C=O) groups excluding carboxylic acids is 2. The monoisotopic (exact) mass is 213 g/mol. The van der Waals surface area contributed by atoms with Gasteiger partial charge in [-0.3, -0.25) is 9.59 Å². The molecule has 0 aromatic rings. The van der Waals surface area contributed by atoms with Crippen LogP contribution in [0.15, 0.2) is 0 Å². The number of carbonyl (C=O) groups is 2. The van der Waals surface area contributed by atoms with Crippen LogP contribution in [0.2, 0.25) is 0 Å². The molecule has 0 rings (SSSR count). The Morgan fingerprint density at radius 2 is 1.60 bits per heavy atom. The van der Waals surface area contributed by atoms with Crippen LogP contribution in [0.5, 0.6) is 0 Å². The van der Waals surface area contributed by atoms with E-state index in [1.807, 2.05) is 0 Å². The number of Topliss-reactive ketones (excluding diaryl/α,β-unsaturated/α-hetero) is 1. The Balaban J connectivity index is 3.16. The van der Waals surface area contributed by atoms with Crippen molar-refractivity contribution in [2.45, 2.75) is 58.8 Å². The van der Waals surface area contributed by atoms with Crippen molar-refractivity contribution < 1.29 is 9.59 Å². The Morgan fingerprint density at radius 1 is 1.00 bits per heavy atom. The molecule has 0 radical (unpaired) electrons. The van der Waals surface area contributed by atoms with Gasteiger partial charge in [0.15, 0.2) is 0 Å². The van der Waals surface area contributed by atoms with Gasteiger partial charge in [0.05, 0.1) is 6.42 Å². The van der Waals surface area contributed by atoms with Gasteiger partial charge < -0.3 is 5.32 Å². The van der Waals surface area contributed by atoms with Gasteiger partial charge in [-0.15, -0.1) is 0 Å². The van der Waals surface area contributed by atoms with Gasteiger partial charge in [0.1, 0.15) is 5.78 Å². The molecular weight excluding hydrogens is 190 g/mol. The van der Waals surface area contributed by atoms with E-state index in [0.29, 0.717) is 6.54 Å². The van der Waals surface area contributed by atoms with Crippen molar-refractivity contribution in [2.24, 2.45) is 0 Å². The van der Waals surface area contributed by atoms with Gasteiger partial charge in [-0.25, -0.2) is 0 Å². The number of amides is 1. The summed E-state index contributed by atoms with van der Waals surface area (Å²) in [6.45, 7) is 4.34. The van der Waals surface area contributed by atoms with Gasteiger partial charge in [0, 0.05) is 6.54 Å². The van der Waals surface area contributed by atoms with Gasteiger partial charge in [0.25, 0.3) is 0 Å². The number of hydrogen-bond donors (Lipinski definition) is 1. The van der Waals surface area contributed by atoms with Crippen LogP contribution in [-0.4, -0.2) is 18.2 Å². The molecule has 0 atom stereocenters. The highest BCUT2D eigenvalue weighted by Gasteiger charge is 2.02. The van der Waals surface area contributed by atoms with E-state index in [0.717, 1.165) is 6.42 Å². The summed E-state index contributed by atoms with van der Waals surface area (Å²) in [5.74, 6) is -0.216. The van der Waals surface area contributed by atoms with Crippen LogP contribution >= 0.6 is 0 Å². The summed E-state index contributed by atoms with van der Waals surface area (Å²) in [5, 5.41) is 2.75. The highest BCUT2D eigenvalue weighted by molar-refractivity contribution is 5.96. The summed E-state index contributed by atoms with van der Waals surface area (Å²) in [6, 6.07) is 0. The molecule has 1 N–H and O–H groups in total. The summed E-state index contributed by atoms with van der Waals surface area (Å²) in [7, 11) is 0. The maximum absolute atomic E-state index is 11.1. The van der Waals surface area contributed by atoms with E-state index in [1.165, 1.54) is 39.0 Å². The molecule has 0 fully saturated rings. The molecule has 0 aromatic carbocycles. The first kappa shape index (κ1) is 14.1. The summed E-state index contributed by atoms with van der Waals surface area (Å²) >= 11 is 0. The average Bonchev–Trinajstić information content (AvgIpc) is 2.15. The second-order valence-corrected chi connectivity index (χ2v) is 4.00. The number of nitrogens with one attached hydrogen (secondary N) is 1. The van der Waals surface area contributed by atoms with Gasteiger partial charge in [-0.05, 0) is 13.3 Å². The lowest BCUT2D eigenvalue weighted by Crippen LogP contribution is -2.25. The highest BCUT2D eigenvalue weighted by atomic mass is 16.2. The number of rotatable bonds is 9. The Labute approximate surface area is 92.6 Å². The fourth-order valence-corrected chi connectivity index (χ4v) is 1.42. The zero-order valence-corrected chi connectivity index (χ0v) is 9.97. The van der Waals surface area contributed by atoms with E-state index in [4.69, 9.17) is 0 Å². The average molecular weight is 213 g/mol. The highest BCUT2D eigenvalue weighted by Crippen LogP contribution is 2.03.